The van der Waals surface area contributed by atoms with Gasteiger partial charge in [-0.3, -0.25) is 4.79 Å². The Morgan fingerprint density at radius 2 is 1.79 bits per heavy atom. The number of nitrogens with zero attached hydrogens (tertiary/aromatic N) is 5. The summed E-state index contributed by atoms with van der Waals surface area (Å²) in [4.78, 5) is 15.0. The van der Waals surface area contributed by atoms with Crippen LogP contribution in [0, 0.1) is 13.8 Å². The van der Waals surface area contributed by atoms with Gasteiger partial charge in [-0.25, -0.2) is 4.68 Å². The van der Waals surface area contributed by atoms with Crippen molar-refractivity contribution in [3.05, 3.63) is 41.7 Å². The molecule has 0 radical (unpaired) electrons. The van der Waals surface area contributed by atoms with E-state index in [-0.39, 0.29) is 5.91 Å². The highest BCUT2D eigenvalue weighted by molar-refractivity contribution is 8.00. The molecule has 4 rings (SSSR count). The van der Waals surface area contributed by atoms with Gasteiger partial charge in [-0.2, -0.15) is 5.10 Å². The summed E-state index contributed by atoms with van der Waals surface area (Å²) in [6.45, 7) is 8.28. The molecule has 3 aromatic rings. The molecule has 7 heteroatoms. The molecule has 1 amide bonds. The van der Waals surface area contributed by atoms with Gasteiger partial charge in [0.25, 0.3) is 0 Å². The fourth-order valence-corrected chi connectivity index (χ4v) is 5.13. The number of carbonyl (C=O) groups is 1. The van der Waals surface area contributed by atoms with Gasteiger partial charge in [-0.05, 0) is 53.0 Å². The topological polar surface area (TPSA) is 63.9 Å². The van der Waals surface area contributed by atoms with Crippen LogP contribution in [0.5, 0.6) is 0 Å². The number of hydrogen-bond donors (Lipinski definition) is 0. The highest BCUT2D eigenvalue weighted by Crippen LogP contribution is 2.30. The van der Waals surface area contributed by atoms with Crippen LogP contribution in [0.3, 0.4) is 0 Å². The second-order valence-corrected chi connectivity index (χ2v) is 8.90. The monoisotopic (exact) mass is 409 g/mol. The lowest BCUT2D eigenvalue weighted by atomic mass is 9.98. The second kappa shape index (κ2) is 8.14. The summed E-state index contributed by atoms with van der Waals surface area (Å²) in [7, 11) is 0. The normalized spacial score (nSPS) is 19.7. The molecule has 1 aliphatic heterocycles. The molecule has 0 saturated carbocycles. The maximum absolute atomic E-state index is 12.9. The molecule has 1 aromatic carbocycles. The molecule has 29 heavy (non-hydrogen) atoms. The Balaban J connectivity index is 1.61. The number of benzene rings is 1. The Morgan fingerprint density at radius 3 is 2.45 bits per heavy atom. The summed E-state index contributed by atoms with van der Waals surface area (Å²) in [6.07, 6.45) is 3.37. The molecule has 2 unspecified atom stereocenters. The highest BCUT2D eigenvalue weighted by Gasteiger charge is 2.29. The van der Waals surface area contributed by atoms with E-state index < -0.39 is 0 Å². The minimum atomic E-state index is 0.184. The van der Waals surface area contributed by atoms with Crippen LogP contribution in [-0.2, 0) is 4.79 Å². The van der Waals surface area contributed by atoms with Crippen LogP contribution in [0.2, 0.25) is 0 Å². The van der Waals surface area contributed by atoms with Crippen LogP contribution < -0.4 is 0 Å². The quantitative estimate of drug-likeness (QED) is 0.601. The number of hydrogen-bond acceptors (Lipinski definition) is 5. The lowest BCUT2D eigenvalue weighted by Crippen LogP contribution is -2.48. The Labute approximate surface area is 175 Å². The summed E-state index contributed by atoms with van der Waals surface area (Å²) >= 11 is 1.47. The van der Waals surface area contributed by atoms with Crippen molar-refractivity contribution in [2.45, 2.75) is 64.1 Å². The number of piperidine rings is 1. The van der Waals surface area contributed by atoms with Gasteiger partial charge in [0.2, 0.25) is 5.91 Å². The van der Waals surface area contributed by atoms with E-state index in [1.807, 2.05) is 48.9 Å². The number of aryl methyl sites for hydroxylation is 2. The number of amides is 1. The van der Waals surface area contributed by atoms with E-state index in [0.717, 1.165) is 45.8 Å². The zero-order chi connectivity index (χ0) is 20.5. The van der Waals surface area contributed by atoms with Crippen molar-refractivity contribution >= 4 is 28.4 Å². The molecule has 152 valence electrons. The van der Waals surface area contributed by atoms with E-state index in [4.69, 9.17) is 0 Å². The number of thioether (sulfide) groups is 1. The Hall–Kier alpha value is -2.41. The molecule has 6 nitrogen and oxygen atoms in total. The largest absolute Gasteiger partial charge is 0.337 e. The summed E-state index contributed by atoms with van der Waals surface area (Å²) in [6, 6.07) is 10.7. The number of carbonyl (C=O) groups excluding carboxylic acids is 1. The summed E-state index contributed by atoms with van der Waals surface area (Å²) in [5, 5.41) is 16.3. The molecule has 1 fully saturated rings. The van der Waals surface area contributed by atoms with Crippen molar-refractivity contribution in [2.24, 2.45) is 0 Å². The maximum atomic E-state index is 12.9. The minimum Gasteiger partial charge on any atom is -0.337 e. The van der Waals surface area contributed by atoms with Crippen molar-refractivity contribution in [2.75, 3.05) is 5.75 Å². The van der Waals surface area contributed by atoms with Crippen LogP contribution in [0.15, 0.2) is 35.4 Å². The average molecular weight is 410 g/mol. The minimum absolute atomic E-state index is 0.184. The van der Waals surface area contributed by atoms with Crippen molar-refractivity contribution in [1.82, 2.24) is 24.9 Å². The molecule has 0 spiro atoms. The SMILES string of the molecule is Cc1cc(C)n(-c2nnc(SCC(=O)N3C(C)CCCC3C)c3ccccc23)n1. The lowest BCUT2D eigenvalue weighted by molar-refractivity contribution is -0.134. The van der Waals surface area contributed by atoms with Gasteiger partial charge in [0, 0.05) is 28.6 Å². The van der Waals surface area contributed by atoms with Crippen LogP contribution >= 0.6 is 11.8 Å². The number of likely N-dealkylation sites (tertiary alicyclic amines) is 1. The number of rotatable bonds is 4. The van der Waals surface area contributed by atoms with Crippen molar-refractivity contribution in [1.29, 1.82) is 0 Å². The number of aromatic nitrogens is 4. The molecule has 2 atom stereocenters. The van der Waals surface area contributed by atoms with Crippen molar-refractivity contribution in [3.8, 4) is 5.82 Å². The van der Waals surface area contributed by atoms with Crippen LogP contribution in [0.1, 0.15) is 44.5 Å². The van der Waals surface area contributed by atoms with E-state index in [1.54, 1.807) is 0 Å². The molecule has 1 saturated heterocycles. The summed E-state index contributed by atoms with van der Waals surface area (Å²) < 4.78 is 1.83. The first kappa shape index (κ1) is 19.9. The fraction of sp³-hybridized carbons (Fsp3) is 0.455. The summed E-state index contributed by atoms with van der Waals surface area (Å²) in [5.41, 5.74) is 1.97. The zero-order valence-electron chi connectivity index (χ0n) is 17.4. The first-order valence-corrected chi connectivity index (χ1v) is 11.2. The van der Waals surface area contributed by atoms with Crippen molar-refractivity contribution < 1.29 is 4.79 Å². The highest BCUT2D eigenvalue weighted by atomic mass is 32.2. The molecular formula is C22H27N5OS. The fourth-order valence-electron chi connectivity index (χ4n) is 4.29. The third kappa shape index (κ3) is 3.88. The van der Waals surface area contributed by atoms with Crippen molar-refractivity contribution in [3.63, 3.8) is 0 Å². The molecule has 0 aliphatic carbocycles. The maximum Gasteiger partial charge on any atom is 0.233 e. The first-order chi connectivity index (χ1) is 14.0. The lowest BCUT2D eigenvalue weighted by Gasteiger charge is -2.39. The number of fused-ring (bicyclic) bond motifs is 1. The molecule has 3 heterocycles. The molecule has 2 aromatic heterocycles. The zero-order valence-corrected chi connectivity index (χ0v) is 18.2. The van der Waals surface area contributed by atoms with E-state index >= 15 is 0 Å². The van der Waals surface area contributed by atoms with Gasteiger partial charge in [0.05, 0.1) is 11.4 Å². The smallest absolute Gasteiger partial charge is 0.233 e. The molecular weight excluding hydrogens is 382 g/mol. The van der Waals surface area contributed by atoms with Gasteiger partial charge >= 0.3 is 0 Å². The van der Waals surface area contributed by atoms with Gasteiger partial charge < -0.3 is 4.90 Å². The predicted octanol–water partition coefficient (Wildman–Crippen LogP) is 4.31. The van der Waals surface area contributed by atoms with E-state index in [0.29, 0.717) is 17.8 Å². The van der Waals surface area contributed by atoms with E-state index in [2.05, 4.69) is 34.0 Å². The summed E-state index contributed by atoms with van der Waals surface area (Å²) in [5.74, 6) is 1.29. The van der Waals surface area contributed by atoms with E-state index in [9.17, 15) is 4.79 Å². The standard InChI is InChI=1S/C22H27N5OS/c1-14-12-17(4)27(25-14)21-18-10-5-6-11-19(18)22(24-23-21)29-13-20(28)26-15(2)8-7-9-16(26)3/h5-6,10-12,15-16H,7-9,13H2,1-4H3. The molecule has 0 bridgehead atoms. The third-order valence-electron chi connectivity index (χ3n) is 5.66. The second-order valence-electron chi connectivity index (χ2n) is 7.93. The predicted molar refractivity (Wildman–Crippen MR) is 116 cm³/mol. The molecule has 1 aliphatic rings. The first-order valence-electron chi connectivity index (χ1n) is 10.2. The van der Waals surface area contributed by atoms with Gasteiger partial charge in [-0.15, -0.1) is 10.2 Å². The van der Waals surface area contributed by atoms with Crippen LogP contribution in [0.25, 0.3) is 16.6 Å². The third-order valence-corrected chi connectivity index (χ3v) is 6.62. The van der Waals surface area contributed by atoms with Gasteiger partial charge in [-0.1, -0.05) is 36.0 Å². The Bertz CT molecular complexity index is 1040. The van der Waals surface area contributed by atoms with Gasteiger partial charge in [0.1, 0.15) is 5.03 Å². The van der Waals surface area contributed by atoms with E-state index in [1.165, 1.54) is 18.2 Å². The Kier molecular flexibility index (Phi) is 5.58. The molecule has 0 N–H and O–H groups in total. The van der Waals surface area contributed by atoms with Crippen LogP contribution in [0.4, 0.5) is 0 Å². The van der Waals surface area contributed by atoms with Crippen LogP contribution in [-0.4, -0.2) is 48.6 Å². The van der Waals surface area contributed by atoms with Gasteiger partial charge in [0.15, 0.2) is 5.82 Å². The Morgan fingerprint density at radius 1 is 1.10 bits per heavy atom. The average Bonchev–Trinajstić information content (AvgIpc) is 3.03.